The molecule has 3 aliphatic carbocycles. The monoisotopic (exact) mass is 435 g/mol. The number of halogens is 1. The van der Waals surface area contributed by atoms with Crippen molar-refractivity contribution in [3.05, 3.63) is 40.9 Å². The van der Waals surface area contributed by atoms with Crippen LogP contribution >= 0.6 is 0 Å². The summed E-state index contributed by atoms with van der Waals surface area (Å²) in [6, 6.07) is 6.99. The smallest absolute Gasteiger partial charge is 0.261 e. The molecule has 166 valence electrons. The molecule has 2 aromatic heterocycles. The Morgan fingerprint density at radius 2 is 1.97 bits per heavy atom. The third-order valence-electron chi connectivity index (χ3n) is 7.50. The first-order valence-corrected chi connectivity index (χ1v) is 11.4. The fourth-order valence-electron chi connectivity index (χ4n) is 5.71. The maximum atomic E-state index is 15.3. The van der Waals surface area contributed by atoms with Crippen LogP contribution in [0.2, 0.25) is 0 Å². The Bertz CT molecular complexity index is 1240. The zero-order valence-electron chi connectivity index (χ0n) is 18.0. The summed E-state index contributed by atoms with van der Waals surface area (Å²) in [7, 11) is 1.62. The van der Waals surface area contributed by atoms with Gasteiger partial charge in [0.15, 0.2) is 5.82 Å². The van der Waals surface area contributed by atoms with Crippen molar-refractivity contribution in [2.24, 2.45) is 18.9 Å². The molecule has 0 aliphatic heterocycles. The summed E-state index contributed by atoms with van der Waals surface area (Å²) in [5, 5.41) is 19.7. The van der Waals surface area contributed by atoms with Crippen LogP contribution in [0.25, 0.3) is 22.2 Å². The largest absolute Gasteiger partial charge is 0.507 e. The number of aromatic hydroxyl groups is 1. The van der Waals surface area contributed by atoms with E-state index < -0.39 is 6.17 Å². The molecule has 3 aliphatic rings. The van der Waals surface area contributed by atoms with Gasteiger partial charge in [0.1, 0.15) is 11.9 Å². The first-order chi connectivity index (χ1) is 15.5. The molecule has 2 heterocycles. The Morgan fingerprint density at radius 1 is 1.12 bits per heavy atom. The summed E-state index contributed by atoms with van der Waals surface area (Å²) in [6.45, 7) is 0. The fourth-order valence-corrected chi connectivity index (χ4v) is 5.71. The number of hydrogen-bond acceptors (Lipinski definition) is 6. The van der Waals surface area contributed by atoms with Gasteiger partial charge in [-0.25, -0.2) is 9.37 Å². The molecule has 0 saturated heterocycles. The number of phenols is 1. The van der Waals surface area contributed by atoms with Crippen molar-refractivity contribution in [2.45, 2.75) is 56.8 Å². The van der Waals surface area contributed by atoms with Gasteiger partial charge in [-0.05, 0) is 74.6 Å². The van der Waals surface area contributed by atoms with Gasteiger partial charge in [0, 0.05) is 18.7 Å². The average molecular weight is 436 g/mol. The second kappa shape index (κ2) is 7.25. The minimum atomic E-state index is -0.811. The molecule has 7 nitrogen and oxygen atoms in total. The summed E-state index contributed by atoms with van der Waals surface area (Å²) in [5.41, 5.74) is 1.23. The average Bonchev–Trinajstić information content (AvgIpc) is 3.55. The summed E-state index contributed by atoms with van der Waals surface area (Å²) >= 11 is 0. The van der Waals surface area contributed by atoms with Crippen LogP contribution in [-0.2, 0) is 7.05 Å². The Balaban J connectivity index is 1.34. The second-order valence-electron chi connectivity index (χ2n) is 9.65. The topological polar surface area (TPSA) is 84.1 Å². The molecule has 8 heteroatoms. The van der Waals surface area contributed by atoms with Gasteiger partial charge in [0.05, 0.1) is 29.0 Å². The molecular formula is C24H26FN5O2. The highest BCUT2D eigenvalue weighted by atomic mass is 19.1. The SMILES string of the molecule is Cn1cnc2cc(-c3ccc(N(C4CC4)[C@@H]4C[C@H]5CC[C@H](C5)[C@@H]4F)nn3)c(O)cc2c1=O. The van der Waals surface area contributed by atoms with Gasteiger partial charge in [-0.2, -0.15) is 0 Å². The first kappa shape index (κ1) is 19.6. The minimum absolute atomic E-state index is 0.0450. The molecule has 0 radical (unpaired) electrons. The number of alkyl halides is 1. The number of phenolic OH excluding ortho intramolecular Hbond substituents is 1. The quantitative estimate of drug-likeness (QED) is 0.674. The zero-order valence-corrected chi connectivity index (χ0v) is 18.0. The summed E-state index contributed by atoms with van der Waals surface area (Å²) < 4.78 is 16.7. The third kappa shape index (κ3) is 3.15. The number of rotatable bonds is 4. The van der Waals surface area contributed by atoms with Crippen molar-refractivity contribution in [2.75, 3.05) is 4.90 Å². The van der Waals surface area contributed by atoms with Crippen LogP contribution in [0.3, 0.4) is 0 Å². The maximum absolute atomic E-state index is 15.3. The van der Waals surface area contributed by atoms with E-state index in [-0.39, 0.29) is 23.3 Å². The molecule has 0 amide bonds. The predicted molar refractivity (Wildman–Crippen MR) is 119 cm³/mol. The number of fused-ring (bicyclic) bond motifs is 3. The molecule has 0 spiro atoms. The van der Waals surface area contributed by atoms with Gasteiger partial charge in [0.25, 0.3) is 5.56 Å². The lowest BCUT2D eigenvalue weighted by Gasteiger charge is -2.40. The molecule has 6 rings (SSSR count). The normalized spacial score (nSPS) is 27.1. The van der Waals surface area contributed by atoms with Crippen molar-refractivity contribution in [1.29, 1.82) is 0 Å². The van der Waals surface area contributed by atoms with E-state index in [9.17, 15) is 9.90 Å². The van der Waals surface area contributed by atoms with Crippen LogP contribution in [0.1, 0.15) is 38.5 Å². The van der Waals surface area contributed by atoms with Crippen LogP contribution in [0.15, 0.2) is 35.4 Å². The number of hydrogen-bond donors (Lipinski definition) is 1. The lowest BCUT2D eigenvalue weighted by molar-refractivity contribution is 0.140. The van der Waals surface area contributed by atoms with Crippen LogP contribution in [-0.4, -0.2) is 43.1 Å². The van der Waals surface area contributed by atoms with Crippen LogP contribution in [0.5, 0.6) is 5.75 Å². The Hall–Kier alpha value is -3.03. The second-order valence-corrected chi connectivity index (χ2v) is 9.65. The molecule has 4 atom stereocenters. The Labute approximate surface area is 184 Å². The highest BCUT2D eigenvalue weighted by Crippen LogP contribution is 2.48. The zero-order chi connectivity index (χ0) is 22.0. The molecule has 3 aromatic rings. The lowest BCUT2D eigenvalue weighted by Crippen LogP contribution is -2.49. The standard InChI is InChI=1S/C24H26FN5O2/c1-29-12-26-19-10-16(21(31)11-17(19)24(29)32)18-6-7-22(28-27-18)30(15-4-5-15)20-9-13-2-3-14(8-13)23(20)25/h6-7,10-15,20,23,31H,2-5,8-9H2,1H3/t13-,14+,20+,23-/m0/s1. The van der Waals surface area contributed by atoms with Crippen molar-refractivity contribution >= 4 is 16.7 Å². The van der Waals surface area contributed by atoms with E-state index in [1.165, 1.54) is 17.0 Å². The molecule has 1 N–H and O–H groups in total. The van der Waals surface area contributed by atoms with Gasteiger partial charge < -0.3 is 14.6 Å². The van der Waals surface area contributed by atoms with Gasteiger partial charge in [-0.15, -0.1) is 10.2 Å². The van der Waals surface area contributed by atoms with Crippen molar-refractivity contribution in [3.63, 3.8) is 0 Å². The van der Waals surface area contributed by atoms with E-state index in [1.807, 2.05) is 12.1 Å². The number of aromatic nitrogens is 4. The maximum Gasteiger partial charge on any atom is 0.261 e. The summed E-state index contributed by atoms with van der Waals surface area (Å²) in [4.78, 5) is 18.8. The van der Waals surface area contributed by atoms with Crippen LogP contribution in [0, 0.1) is 11.8 Å². The van der Waals surface area contributed by atoms with Crippen LogP contribution < -0.4 is 10.5 Å². The van der Waals surface area contributed by atoms with E-state index in [0.29, 0.717) is 39.9 Å². The Morgan fingerprint density at radius 3 is 2.72 bits per heavy atom. The molecule has 3 fully saturated rings. The van der Waals surface area contributed by atoms with Crippen molar-refractivity contribution in [3.8, 4) is 17.0 Å². The predicted octanol–water partition coefficient (Wildman–Crippen LogP) is 3.59. The first-order valence-electron chi connectivity index (χ1n) is 11.4. The lowest BCUT2D eigenvalue weighted by atomic mass is 9.83. The van der Waals surface area contributed by atoms with Gasteiger partial charge in [0.2, 0.25) is 0 Å². The van der Waals surface area contributed by atoms with E-state index in [1.54, 1.807) is 13.1 Å². The van der Waals surface area contributed by atoms with E-state index in [2.05, 4.69) is 20.1 Å². The van der Waals surface area contributed by atoms with Crippen molar-refractivity contribution in [1.82, 2.24) is 19.7 Å². The van der Waals surface area contributed by atoms with E-state index in [0.717, 1.165) is 38.5 Å². The van der Waals surface area contributed by atoms with Crippen molar-refractivity contribution < 1.29 is 9.50 Å². The molecule has 1 aromatic carbocycles. The fraction of sp³-hybridized carbons (Fsp3) is 0.500. The third-order valence-corrected chi connectivity index (χ3v) is 7.50. The Kier molecular flexibility index (Phi) is 4.45. The molecule has 2 bridgehead atoms. The van der Waals surface area contributed by atoms with E-state index in [4.69, 9.17) is 0 Å². The number of anilines is 1. The molecule has 0 unspecified atom stereocenters. The summed E-state index contributed by atoms with van der Waals surface area (Å²) in [5.74, 6) is 1.47. The highest BCUT2D eigenvalue weighted by molar-refractivity contribution is 5.86. The highest BCUT2D eigenvalue weighted by Gasteiger charge is 2.48. The van der Waals surface area contributed by atoms with Gasteiger partial charge >= 0.3 is 0 Å². The molecule has 32 heavy (non-hydrogen) atoms. The number of nitrogens with zero attached hydrogens (tertiary/aromatic N) is 5. The summed E-state index contributed by atoms with van der Waals surface area (Å²) in [6.07, 6.45) is 6.84. The van der Waals surface area contributed by atoms with E-state index >= 15 is 4.39 Å². The van der Waals surface area contributed by atoms with Crippen LogP contribution in [0.4, 0.5) is 10.2 Å². The molecular weight excluding hydrogens is 409 g/mol. The minimum Gasteiger partial charge on any atom is -0.507 e. The van der Waals surface area contributed by atoms with Gasteiger partial charge in [-0.3, -0.25) is 4.79 Å². The molecule has 3 saturated carbocycles. The number of benzene rings is 1. The van der Waals surface area contributed by atoms with Gasteiger partial charge in [-0.1, -0.05) is 0 Å². The number of aryl methyl sites for hydroxylation is 1.